The van der Waals surface area contributed by atoms with Crippen LogP contribution in [0.1, 0.15) is 49.4 Å². The van der Waals surface area contributed by atoms with Crippen molar-refractivity contribution in [2.24, 2.45) is 0 Å². The zero-order valence-electron chi connectivity index (χ0n) is 19.3. The molecule has 0 spiro atoms. The summed E-state index contributed by atoms with van der Waals surface area (Å²) < 4.78 is 6.85. The first kappa shape index (κ1) is 24.9. The van der Waals surface area contributed by atoms with Crippen LogP contribution in [0.4, 0.5) is 0 Å². The largest absolute Gasteiger partial charge is 0.484 e. The van der Waals surface area contributed by atoms with Crippen LogP contribution < -0.4 is 10.1 Å². The van der Waals surface area contributed by atoms with Gasteiger partial charge in [-0.25, -0.2) is 0 Å². The number of nitrogens with one attached hydrogen (secondary N) is 1. The summed E-state index contributed by atoms with van der Waals surface area (Å²) in [6, 6.07) is 11.1. The van der Waals surface area contributed by atoms with Crippen LogP contribution in [0.15, 0.2) is 40.9 Å². The molecular weight excluding hydrogens is 456 g/mol. The molecule has 5 nitrogen and oxygen atoms in total. The first-order valence-electron chi connectivity index (χ1n) is 10.7. The highest BCUT2D eigenvalue weighted by Gasteiger charge is 2.27. The van der Waals surface area contributed by atoms with Crippen LogP contribution in [0.25, 0.3) is 0 Å². The standard InChI is InChI=1S/C25H33BrN2O3/c1-7-19(5)27-25(30)20(6)28(14-21-11-9-8-10-16(21)2)23(29)15-31-22-12-17(3)24(26)18(4)13-22/h8-13,19-20H,7,14-15H2,1-6H3,(H,27,30). The molecule has 31 heavy (non-hydrogen) atoms. The Kier molecular flexibility index (Phi) is 9.11. The third-order valence-electron chi connectivity index (χ3n) is 5.54. The first-order chi connectivity index (χ1) is 14.6. The van der Waals surface area contributed by atoms with Crippen molar-refractivity contribution in [1.29, 1.82) is 0 Å². The van der Waals surface area contributed by atoms with Gasteiger partial charge in [0, 0.05) is 17.1 Å². The highest BCUT2D eigenvalue weighted by molar-refractivity contribution is 9.10. The number of amides is 2. The molecule has 0 heterocycles. The van der Waals surface area contributed by atoms with Gasteiger partial charge in [0.25, 0.3) is 5.91 Å². The molecule has 0 aliphatic rings. The maximum atomic E-state index is 13.2. The van der Waals surface area contributed by atoms with Crippen molar-refractivity contribution in [3.63, 3.8) is 0 Å². The minimum absolute atomic E-state index is 0.0512. The van der Waals surface area contributed by atoms with Crippen molar-refractivity contribution in [3.8, 4) is 5.75 Å². The molecule has 2 rings (SSSR count). The van der Waals surface area contributed by atoms with E-state index in [1.165, 1.54) is 0 Å². The van der Waals surface area contributed by atoms with Gasteiger partial charge in [0.1, 0.15) is 11.8 Å². The lowest BCUT2D eigenvalue weighted by Crippen LogP contribution is -2.50. The van der Waals surface area contributed by atoms with Gasteiger partial charge in [0.2, 0.25) is 5.91 Å². The van der Waals surface area contributed by atoms with E-state index in [9.17, 15) is 9.59 Å². The van der Waals surface area contributed by atoms with Gasteiger partial charge in [-0.1, -0.05) is 47.1 Å². The molecule has 2 aromatic rings. The fraction of sp³-hybridized carbons (Fsp3) is 0.440. The zero-order valence-corrected chi connectivity index (χ0v) is 20.9. The number of hydrogen-bond acceptors (Lipinski definition) is 3. The molecule has 0 aromatic heterocycles. The van der Waals surface area contributed by atoms with Crippen LogP contribution in [0.5, 0.6) is 5.75 Å². The quantitative estimate of drug-likeness (QED) is 0.534. The summed E-state index contributed by atoms with van der Waals surface area (Å²) in [4.78, 5) is 27.6. The Morgan fingerprint density at radius 2 is 1.68 bits per heavy atom. The van der Waals surface area contributed by atoms with Crippen LogP contribution in [0.2, 0.25) is 0 Å². The van der Waals surface area contributed by atoms with Gasteiger partial charge in [0.05, 0.1) is 0 Å². The van der Waals surface area contributed by atoms with E-state index in [1.807, 2.05) is 71.0 Å². The third-order valence-corrected chi connectivity index (χ3v) is 6.79. The Balaban J connectivity index is 2.21. The number of halogens is 1. The number of aryl methyl sites for hydroxylation is 3. The zero-order chi connectivity index (χ0) is 23.1. The second kappa shape index (κ2) is 11.3. The summed E-state index contributed by atoms with van der Waals surface area (Å²) in [5.41, 5.74) is 4.17. The number of nitrogens with zero attached hydrogens (tertiary/aromatic N) is 1. The summed E-state index contributed by atoms with van der Waals surface area (Å²) in [6.07, 6.45) is 0.829. The van der Waals surface area contributed by atoms with Crippen molar-refractivity contribution in [2.75, 3.05) is 6.61 Å². The predicted molar refractivity (Wildman–Crippen MR) is 128 cm³/mol. The summed E-state index contributed by atoms with van der Waals surface area (Å²) in [6.45, 7) is 11.9. The van der Waals surface area contributed by atoms with E-state index in [2.05, 4.69) is 21.2 Å². The van der Waals surface area contributed by atoms with Crippen molar-refractivity contribution in [2.45, 2.75) is 66.6 Å². The minimum atomic E-state index is -0.613. The van der Waals surface area contributed by atoms with Crippen LogP contribution in [0, 0.1) is 20.8 Å². The van der Waals surface area contributed by atoms with E-state index in [1.54, 1.807) is 11.8 Å². The lowest BCUT2D eigenvalue weighted by atomic mass is 10.1. The monoisotopic (exact) mass is 488 g/mol. The van der Waals surface area contributed by atoms with Crippen LogP contribution in [-0.4, -0.2) is 35.4 Å². The van der Waals surface area contributed by atoms with E-state index in [-0.39, 0.29) is 24.5 Å². The molecule has 0 fully saturated rings. The number of hydrogen-bond donors (Lipinski definition) is 1. The van der Waals surface area contributed by atoms with Gasteiger partial charge < -0.3 is 15.0 Å². The number of rotatable bonds is 9. The Morgan fingerprint density at radius 3 is 2.26 bits per heavy atom. The Morgan fingerprint density at radius 1 is 1.06 bits per heavy atom. The van der Waals surface area contributed by atoms with Gasteiger partial charge in [-0.15, -0.1) is 0 Å². The van der Waals surface area contributed by atoms with Gasteiger partial charge >= 0.3 is 0 Å². The second-order valence-corrected chi connectivity index (χ2v) is 8.89. The molecule has 2 atom stereocenters. The van der Waals surface area contributed by atoms with E-state index in [0.29, 0.717) is 12.3 Å². The van der Waals surface area contributed by atoms with Crippen LogP contribution in [-0.2, 0) is 16.1 Å². The summed E-state index contributed by atoms with van der Waals surface area (Å²) in [5, 5.41) is 2.98. The summed E-state index contributed by atoms with van der Waals surface area (Å²) >= 11 is 3.55. The van der Waals surface area contributed by atoms with Crippen LogP contribution in [0.3, 0.4) is 0 Å². The molecule has 0 saturated heterocycles. The Labute approximate surface area is 194 Å². The number of carbonyl (C=O) groups is 2. The summed E-state index contributed by atoms with van der Waals surface area (Å²) in [5.74, 6) is 0.249. The Bertz CT molecular complexity index is 906. The number of benzene rings is 2. The molecule has 2 aromatic carbocycles. The van der Waals surface area contributed by atoms with Gasteiger partial charge in [0.15, 0.2) is 6.61 Å². The molecule has 2 amide bonds. The van der Waals surface area contributed by atoms with E-state index < -0.39 is 6.04 Å². The van der Waals surface area contributed by atoms with E-state index >= 15 is 0 Å². The van der Waals surface area contributed by atoms with Crippen molar-refractivity contribution < 1.29 is 14.3 Å². The van der Waals surface area contributed by atoms with Crippen molar-refractivity contribution in [3.05, 3.63) is 63.1 Å². The highest BCUT2D eigenvalue weighted by atomic mass is 79.9. The molecule has 2 unspecified atom stereocenters. The first-order valence-corrected chi connectivity index (χ1v) is 11.5. The maximum absolute atomic E-state index is 13.2. The Hall–Kier alpha value is -2.34. The van der Waals surface area contributed by atoms with Gasteiger partial charge in [-0.2, -0.15) is 0 Å². The molecule has 0 bridgehead atoms. The van der Waals surface area contributed by atoms with E-state index in [4.69, 9.17) is 4.74 Å². The topological polar surface area (TPSA) is 58.6 Å². The molecular formula is C25H33BrN2O3. The minimum Gasteiger partial charge on any atom is -0.484 e. The molecule has 168 valence electrons. The predicted octanol–water partition coefficient (Wildman–Crippen LogP) is 5.09. The fourth-order valence-electron chi connectivity index (χ4n) is 3.24. The van der Waals surface area contributed by atoms with Gasteiger partial charge in [-0.05, 0) is 75.4 Å². The second-order valence-electron chi connectivity index (χ2n) is 8.10. The molecule has 0 aliphatic heterocycles. The number of ether oxygens (including phenoxy) is 1. The van der Waals surface area contributed by atoms with Crippen LogP contribution >= 0.6 is 15.9 Å². The smallest absolute Gasteiger partial charge is 0.261 e. The fourth-order valence-corrected chi connectivity index (χ4v) is 3.47. The highest BCUT2D eigenvalue weighted by Crippen LogP contribution is 2.26. The average Bonchev–Trinajstić information content (AvgIpc) is 2.74. The maximum Gasteiger partial charge on any atom is 0.261 e. The summed E-state index contributed by atoms with van der Waals surface area (Å²) in [7, 11) is 0. The molecule has 0 aliphatic carbocycles. The lowest BCUT2D eigenvalue weighted by Gasteiger charge is -2.30. The lowest BCUT2D eigenvalue weighted by molar-refractivity contribution is -0.142. The molecule has 0 radical (unpaired) electrons. The average molecular weight is 489 g/mol. The molecule has 1 N–H and O–H groups in total. The van der Waals surface area contributed by atoms with Crippen molar-refractivity contribution >= 4 is 27.7 Å². The van der Waals surface area contributed by atoms with Crippen molar-refractivity contribution in [1.82, 2.24) is 10.2 Å². The van der Waals surface area contributed by atoms with Gasteiger partial charge in [-0.3, -0.25) is 9.59 Å². The molecule has 0 saturated carbocycles. The number of carbonyl (C=O) groups excluding carboxylic acids is 2. The van der Waals surface area contributed by atoms with E-state index in [0.717, 1.165) is 33.1 Å². The normalized spacial score (nSPS) is 12.7. The third kappa shape index (κ3) is 6.82. The molecule has 6 heteroatoms. The SMILES string of the molecule is CCC(C)NC(=O)C(C)N(Cc1ccccc1C)C(=O)COc1cc(C)c(Br)c(C)c1.